The largest absolute Gasteiger partial charge is 0.447 e. The van der Waals surface area contributed by atoms with Crippen LogP contribution in [-0.4, -0.2) is 42.4 Å². The van der Waals surface area contributed by atoms with Gasteiger partial charge in [-0.3, -0.25) is 5.32 Å². The third-order valence-electron chi connectivity index (χ3n) is 3.25. The first-order valence-corrected chi connectivity index (χ1v) is 7.93. The van der Waals surface area contributed by atoms with Crippen molar-refractivity contribution in [1.29, 1.82) is 0 Å². The molecule has 2 N–H and O–H groups in total. The van der Waals surface area contributed by atoms with Gasteiger partial charge in [0.25, 0.3) is 0 Å². The monoisotopic (exact) mass is 366 g/mol. The van der Waals surface area contributed by atoms with Crippen LogP contribution in [0.15, 0.2) is 34.9 Å². The minimum Gasteiger partial charge on any atom is -0.447 e. The first-order valence-electron chi connectivity index (χ1n) is 7.55. The number of carbonyl (C=O) groups is 2. The summed E-state index contributed by atoms with van der Waals surface area (Å²) in [6, 6.07) is 8.53. The van der Waals surface area contributed by atoms with Crippen molar-refractivity contribution in [2.45, 2.75) is 13.5 Å². The number of nitrogens with one attached hydrogen (secondary N) is 2. The molecule has 2 rings (SSSR count). The average Bonchev–Trinajstić information content (AvgIpc) is 2.98. The third-order valence-corrected chi connectivity index (χ3v) is 3.62. The molecule has 3 amide bonds. The van der Waals surface area contributed by atoms with Gasteiger partial charge >= 0.3 is 12.1 Å². The minimum atomic E-state index is -0.680. The second-order valence-corrected chi connectivity index (χ2v) is 5.67. The van der Waals surface area contributed by atoms with E-state index in [0.717, 1.165) is 5.56 Å². The first-order chi connectivity index (χ1) is 12.0. The molecule has 0 unspecified atom stereocenters. The molecule has 0 bridgehead atoms. The van der Waals surface area contributed by atoms with Crippen molar-refractivity contribution in [2.24, 2.45) is 0 Å². The molecule has 1 heterocycles. The zero-order chi connectivity index (χ0) is 18.2. The van der Waals surface area contributed by atoms with E-state index in [2.05, 4.69) is 15.8 Å². The van der Waals surface area contributed by atoms with Crippen molar-refractivity contribution in [3.63, 3.8) is 0 Å². The maximum Gasteiger partial charge on any atom is 0.414 e. The summed E-state index contributed by atoms with van der Waals surface area (Å²) >= 11 is 6.03. The van der Waals surface area contributed by atoms with Gasteiger partial charge in [-0.2, -0.15) is 0 Å². The molecule has 0 spiro atoms. The number of nitrogens with zero attached hydrogens (tertiary/aromatic N) is 2. The Bertz CT molecular complexity index is 734. The Balaban J connectivity index is 1.67. The van der Waals surface area contributed by atoms with E-state index in [9.17, 15) is 9.59 Å². The van der Waals surface area contributed by atoms with Crippen LogP contribution in [0.25, 0.3) is 0 Å². The molecular formula is C16H19ClN4O4. The lowest BCUT2D eigenvalue weighted by atomic mass is 10.2. The minimum absolute atomic E-state index is 0.0367. The average molecular weight is 367 g/mol. The SMILES string of the molecule is Cc1cc(NC(=O)OCCN(C)C(=O)NCc2ccccc2Cl)on1. The second-order valence-electron chi connectivity index (χ2n) is 5.27. The topological polar surface area (TPSA) is 96.7 Å². The molecule has 9 heteroatoms. The lowest BCUT2D eigenvalue weighted by molar-refractivity contribution is 0.146. The number of amides is 3. The van der Waals surface area contributed by atoms with Gasteiger partial charge in [0.2, 0.25) is 5.88 Å². The summed E-state index contributed by atoms with van der Waals surface area (Å²) < 4.78 is 9.81. The van der Waals surface area contributed by atoms with E-state index in [1.54, 1.807) is 26.1 Å². The summed E-state index contributed by atoms with van der Waals surface area (Å²) in [5.41, 5.74) is 1.47. The highest BCUT2D eigenvalue weighted by atomic mass is 35.5. The highest BCUT2D eigenvalue weighted by molar-refractivity contribution is 6.31. The van der Waals surface area contributed by atoms with Crippen molar-refractivity contribution >= 4 is 29.6 Å². The van der Waals surface area contributed by atoms with Gasteiger partial charge in [-0.05, 0) is 18.6 Å². The fraction of sp³-hybridized carbons (Fsp3) is 0.312. The molecular weight excluding hydrogens is 348 g/mol. The van der Waals surface area contributed by atoms with Gasteiger partial charge in [0.1, 0.15) is 6.61 Å². The van der Waals surface area contributed by atoms with Crippen LogP contribution in [0.1, 0.15) is 11.3 Å². The second kappa shape index (κ2) is 8.93. The Morgan fingerprint density at radius 3 is 2.80 bits per heavy atom. The number of carbonyl (C=O) groups excluding carboxylic acids is 2. The van der Waals surface area contributed by atoms with Crippen LogP contribution < -0.4 is 10.6 Å². The molecule has 0 saturated carbocycles. The van der Waals surface area contributed by atoms with Crippen LogP contribution in [-0.2, 0) is 11.3 Å². The molecule has 8 nitrogen and oxygen atoms in total. The van der Waals surface area contributed by atoms with E-state index in [-0.39, 0.29) is 25.1 Å². The van der Waals surface area contributed by atoms with Crippen molar-refractivity contribution in [3.8, 4) is 0 Å². The number of hydrogen-bond donors (Lipinski definition) is 2. The molecule has 1 aromatic carbocycles. The Hall–Kier alpha value is -2.74. The Morgan fingerprint density at radius 1 is 1.36 bits per heavy atom. The number of hydrogen-bond acceptors (Lipinski definition) is 5. The Morgan fingerprint density at radius 2 is 2.12 bits per heavy atom. The standard InChI is InChI=1S/C16H19ClN4O4/c1-11-9-14(25-20-11)19-16(23)24-8-7-21(2)15(22)18-10-12-5-3-4-6-13(12)17/h3-6,9H,7-8,10H2,1-2H3,(H,18,22)(H,19,23). The van der Waals surface area contributed by atoms with E-state index >= 15 is 0 Å². The number of ether oxygens (including phenoxy) is 1. The Labute approximate surface area is 150 Å². The van der Waals surface area contributed by atoms with Gasteiger partial charge in [-0.1, -0.05) is 35.0 Å². The van der Waals surface area contributed by atoms with Crippen molar-refractivity contribution in [1.82, 2.24) is 15.4 Å². The molecule has 25 heavy (non-hydrogen) atoms. The van der Waals surface area contributed by atoms with Crippen LogP contribution in [0.5, 0.6) is 0 Å². The van der Waals surface area contributed by atoms with Gasteiger partial charge in [0, 0.05) is 24.7 Å². The smallest absolute Gasteiger partial charge is 0.414 e. The first kappa shape index (κ1) is 18.6. The predicted molar refractivity (Wildman–Crippen MR) is 92.5 cm³/mol. The maximum absolute atomic E-state index is 12.0. The van der Waals surface area contributed by atoms with E-state index in [1.807, 2.05) is 18.2 Å². The molecule has 0 aliphatic heterocycles. The molecule has 0 saturated heterocycles. The van der Waals surface area contributed by atoms with Gasteiger partial charge in [-0.25, -0.2) is 9.59 Å². The number of benzene rings is 1. The number of urea groups is 1. The summed E-state index contributed by atoms with van der Waals surface area (Å²) in [6.45, 7) is 2.32. The molecule has 0 radical (unpaired) electrons. The summed E-state index contributed by atoms with van der Waals surface area (Å²) in [5, 5.41) is 9.37. The summed E-state index contributed by atoms with van der Waals surface area (Å²) in [7, 11) is 1.60. The molecule has 2 aromatic rings. The highest BCUT2D eigenvalue weighted by Crippen LogP contribution is 2.14. The van der Waals surface area contributed by atoms with E-state index in [4.69, 9.17) is 20.9 Å². The quantitative estimate of drug-likeness (QED) is 0.819. The summed E-state index contributed by atoms with van der Waals surface area (Å²) in [4.78, 5) is 25.0. The molecule has 0 aliphatic rings. The molecule has 134 valence electrons. The number of halogens is 1. The number of likely N-dealkylation sites (N-methyl/N-ethyl adjacent to an activating group) is 1. The van der Waals surface area contributed by atoms with Gasteiger partial charge in [0.15, 0.2) is 0 Å². The lowest BCUT2D eigenvalue weighted by Gasteiger charge is -2.18. The lowest BCUT2D eigenvalue weighted by Crippen LogP contribution is -2.39. The number of aryl methyl sites for hydroxylation is 1. The van der Waals surface area contributed by atoms with Gasteiger partial charge in [0.05, 0.1) is 12.2 Å². The molecule has 0 aliphatic carbocycles. The van der Waals surface area contributed by atoms with Crippen molar-refractivity contribution in [3.05, 3.63) is 46.6 Å². The van der Waals surface area contributed by atoms with E-state index in [0.29, 0.717) is 17.3 Å². The summed E-state index contributed by atoms with van der Waals surface area (Å²) in [5.74, 6) is 0.202. The van der Waals surface area contributed by atoms with Crippen LogP contribution in [0, 0.1) is 6.92 Å². The third kappa shape index (κ3) is 6.00. The zero-order valence-corrected chi connectivity index (χ0v) is 14.7. The summed E-state index contributed by atoms with van der Waals surface area (Å²) in [6.07, 6.45) is -0.680. The van der Waals surface area contributed by atoms with Crippen LogP contribution in [0.3, 0.4) is 0 Å². The number of rotatable bonds is 6. The number of anilines is 1. The fourth-order valence-corrected chi connectivity index (χ4v) is 2.09. The normalized spacial score (nSPS) is 10.2. The van der Waals surface area contributed by atoms with Gasteiger partial charge < -0.3 is 19.5 Å². The molecule has 0 fully saturated rings. The number of aromatic nitrogens is 1. The van der Waals surface area contributed by atoms with Crippen LogP contribution in [0.4, 0.5) is 15.5 Å². The van der Waals surface area contributed by atoms with Crippen LogP contribution in [0.2, 0.25) is 5.02 Å². The Kier molecular flexibility index (Phi) is 6.64. The highest BCUT2D eigenvalue weighted by Gasteiger charge is 2.11. The predicted octanol–water partition coefficient (Wildman–Crippen LogP) is 3.03. The van der Waals surface area contributed by atoms with Crippen molar-refractivity contribution < 1.29 is 18.8 Å². The van der Waals surface area contributed by atoms with Gasteiger partial charge in [-0.15, -0.1) is 0 Å². The zero-order valence-electron chi connectivity index (χ0n) is 13.9. The molecule has 1 aromatic heterocycles. The van der Waals surface area contributed by atoms with Crippen molar-refractivity contribution in [2.75, 3.05) is 25.5 Å². The maximum atomic E-state index is 12.0. The molecule has 0 atom stereocenters. The van der Waals surface area contributed by atoms with E-state index in [1.165, 1.54) is 4.90 Å². The van der Waals surface area contributed by atoms with Crippen LogP contribution >= 0.6 is 11.6 Å². The fourth-order valence-electron chi connectivity index (χ4n) is 1.88. The van der Waals surface area contributed by atoms with E-state index < -0.39 is 6.09 Å².